The zero-order valence-corrected chi connectivity index (χ0v) is 87.3. The van der Waals surface area contributed by atoms with Crippen LogP contribution in [0.25, 0.3) is 0 Å². The molecule has 0 spiro atoms. The molecule has 14 saturated heterocycles. The van der Waals surface area contributed by atoms with E-state index in [2.05, 4.69) is 201 Å². The smallest absolute Gasteiger partial charge is 0.275 e. The average Bonchev–Trinajstić information content (AvgIpc) is 0.786. The van der Waals surface area contributed by atoms with Crippen LogP contribution in [0.1, 0.15) is 309 Å². The summed E-state index contributed by atoms with van der Waals surface area (Å²) in [5, 5.41) is 0. The van der Waals surface area contributed by atoms with Gasteiger partial charge in [-0.1, -0.05) is 96.9 Å². The van der Waals surface area contributed by atoms with Gasteiger partial charge in [0.25, 0.3) is 17.8 Å². The summed E-state index contributed by atoms with van der Waals surface area (Å²) >= 11 is 0. The Bertz CT molecular complexity index is 2810. The topological polar surface area (TPSA) is 45.4 Å². The molecular formula is C105H202F8N14. The minimum Gasteiger partial charge on any atom is -0.301 e. The monoisotopic (exact) mass is 1810 g/mol. The maximum absolute atomic E-state index is 14.3. The van der Waals surface area contributed by atoms with Crippen LogP contribution in [0.15, 0.2) is 0 Å². The SMILES string of the molecule is CC(C)CC1(F)CN(C2CCN(C(C)C)CC2)C1.CC(C)CC1(F)CN(C2CCN(C(C)C)CC2)C1.CC(C)CC1CCN(C2CN(C(C)C)C2)CC1.CC(C)CC1CCN(C2CN(C(C)C)C2)CC1.CC(C)CC1CCN(C2CN(C(C)C)C2)CC1(F)F.CC(C)CC1CCN(C2CN(C(C)C)C2)CC1(F)F.CC(C)CC1CN(C2CCN(C(C)C)CC2(F)F)C1. The van der Waals surface area contributed by atoms with Crippen molar-refractivity contribution in [1.29, 1.82) is 0 Å². The van der Waals surface area contributed by atoms with Crippen LogP contribution in [0.5, 0.6) is 0 Å². The molecule has 0 aromatic heterocycles. The van der Waals surface area contributed by atoms with Crippen LogP contribution < -0.4 is 0 Å². The zero-order valence-electron chi connectivity index (χ0n) is 87.3. The van der Waals surface area contributed by atoms with Crippen LogP contribution in [-0.2, 0) is 0 Å². The van der Waals surface area contributed by atoms with Crippen molar-refractivity contribution in [3.05, 3.63) is 0 Å². The molecule has 0 amide bonds. The normalized spacial score (nSPS) is 28.0. The first-order valence-corrected chi connectivity index (χ1v) is 53.2. The molecule has 3 atom stereocenters. The second-order valence-electron chi connectivity index (χ2n) is 48.8. The van der Waals surface area contributed by atoms with Crippen LogP contribution in [0.3, 0.4) is 0 Å². The van der Waals surface area contributed by atoms with Gasteiger partial charge >= 0.3 is 0 Å². The Balaban J connectivity index is 0.000000183. The molecular weight excluding hydrogens is 1610 g/mol. The van der Waals surface area contributed by atoms with Gasteiger partial charge in [0.1, 0.15) is 11.3 Å². The van der Waals surface area contributed by atoms with E-state index in [4.69, 9.17) is 0 Å². The van der Waals surface area contributed by atoms with Gasteiger partial charge in [-0.3, -0.25) is 58.8 Å². The Morgan fingerprint density at radius 3 is 0.717 bits per heavy atom. The fourth-order valence-electron chi connectivity index (χ4n) is 24.0. The summed E-state index contributed by atoms with van der Waals surface area (Å²) in [5.41, 5.74) is -1.77. The van der Waals surface area contributed by atoms with E-state index in [0.717, 1.165) is 120 Å². The van der Waals surface area contributed by atoms with E-state index in [1.807, 2.05) is 61.1 Å². The van der Waals surface area contributed by atoms with E-state index in [9.17, 15) is 35.1 Å². The Morgan fingerprint density at radius 2 is 0.465 bits per heavy atom. The van der Waals surface area contributed by atoms with Crippen molar-refractivity contribution in [3.63, 3.8) is 0 Å². The summed E-state index contributed by atoms with van der Waals surface area (Å²) in [4.78, 5) is 33.2. The first-order chi connectivity index (χ1) is 59.3. The van der Waals surface area contributed by atoms with E-state index in [0.29, 0.717) is 142 Å². The van der Waals surface area contributed by atoms with Gasteiger partial charge in [0.15, 0.2) is 0 Å². The molecule has 0 aromatic rings. The number of halogens is 8. The van der Waals surface area contributed by atoms with Crippen molar-refractivity contribution in [2.45, 2.75) is 423 Å². The van der Waals surface area contributed by atoms with E-state index in [1.54, 1.807) is 0 Å². The maximum Gasteiger partial charge on any atom is 0.275 e. The quantitative estimate of drug-likeness (QED) is 0.0699. The average molecular weight is 1810 g/mol. The number of nitrogens with zero attached hydrogens (tertiary/aromatic N) is 14. The highest BCUT2D eigenvalue weighted by Crippen LogP contribution is 2.44. The molecule has 0 bridgehead atoms. The number of rotatable bonds is 28. The Labute approximate surface area is 777 Å². The molecule has 0 radical (unpaired) electrons. The number of hydrogen-bond donors (Lipinski definition) is 0. The van der Waals surface area contributed by atoms with Gasteiger partial charge < -0.3 is 9.80 Å². The van der Waals surface area contributed by atoms with E-state index in [-0.39, 0.29) is 25.7 Å². The van der Waals surface area contributed by atoms with Crippen LogP contribution in [0.2, 0.25) is 0 Å². The minimum atomic E-state index is -2.55. The molecule has 14 rings (SSSR count). The highest BCUT2D eigenvalue weighted by molar-refractivity contribution is 5.05. The maximum atomic E-state index is 14.3. The summed E-state index contributed by atoms with van der Waals surface area (Å²) in [6.07, 6.45) is 19.4. The van der Waals surface area contributed by atoms with Gasteiger partial charge in [-0.25, -0.2) is 35.1 Å². The largest absolute Gasteiger partial charge is 0.301 e. The summed E-state index contributed by atoms with van der Waals surface area (Å²) in [6.45, 7) is 87.5. The van der Waals surface area contributed by atoms with Gasteiger partial charge in [0.05, 0.1) is 25.7 Å². The highest BCUT2D eigenvalue weighted by atomic mass is 19.3. The number of alkyl halides is 8. The third-order valence-electron chi connectivity index (χ3n) is 32.1. The molecule has 14 heterocycles. The van der Waals surface area contributed by atoms with Crippen LogP contribution in [0, 0.1) is 71.0 Å². The Kier molecular flexibility index (Phi) is 44.2. The summed E-state index contributed by atoms with van der Waals surface area (Å²) in [7, 11) is 0. The Morgan fingerprint density at radius 1 is 0.205 bits per heavy atom. The third kappa shape index (κ3) is 34.8. The van der Waals surface area contributed by atoms with Crippen LogP contribution in [0.4, 0.5) is 35.1 Å². The third-order valence-corrected chi connectivity index (χ3v) is 32.1. The number of hydrogen-bond acceptors (Lipinski definition) is 14. The summed E-state index contributed by atoms with van der Waals surface area (Å²) in [6, 6.07) is 7.29. The second kappa shape index (κ2) is 50.5. The summed E-state index contributed by atoms with van der Waals surface area (Å²) < 4.78 is 114. The molecule has 14 fully saturated rings. The Hall–Kier alpha value is -1.12. The first-order valence-electron chi connectivity index (χ1n) is 53.2. The van der Waals surface area contributed by atoms with Crippen LogP contribution in [-0.4, -0.2) is 366 Å². The van der Waals surface area contributed by atoms with E-state index >= 15 is 0 Å². The molecule has 22 heteroatoms. The first kappa shape index (κ1) is 111. The van der Waals surface area contributed by atoms with Crippen molar-refractivity contribution in [2.75, 3.05) is 183 Å². The molecule has 748 valence electrons. The fourth-order valence-corrected chi connectivity index (χ4v) is 24.0. The lowest BCUT2D eigenvalue weighted by Crippen LogP contribution is -2.64. The van der Waals surface area contributed by atoms with Crippen molar-refractivity contribution in [3.8, 4) is 0 Å². The molecule has 14 nitrogen and oxygen atoms in total. The number of likely N-dealkylation sites (tertiary alicyclic amines) is 14. The summed E-state index contributed by atoms with van der Waals surface area (Å²) in [5.74, 6) is -1.61. The lowest BCUT2D eigenvalue weighted by atomic mass is 9.84. The van der Waals surface area contributed by atoms with Crippen molar-refractivity contribution >= 4 is 0 Å². The molecule has 127 heavy (non-hydrogen) atoms. The molecule has 14 aliphatic rings. The second-order valence-corrected chi connectivity index (χ2v) is 48.8. The van der Waals surface area contributed by atoms with Gasteiger partial charge in [-0.2, -0.15) is 0 Å². The van der Waals surface area contributed by atoms with E-state index in [1.165, 1.54) is 149 Å². The predicted molar refractivity (Wildman–Crippen MR) is 521 cm³/mol. The highest BCUT2D eigenvalue weighted by Gasteiger charge is 2.54. The van der Waals surface area contributed by atoms with Crippen molar-refractivity contribution < 1.29 is 35.1 Å². The van der Waals surface area contributed by atoms with Gasteiger partial charge in [0, 0.05) is 189 Å². The minimum absolute atomic E-state index is 0.0268. The van der Waals surface area contributed by atoms with E-state index < -0.39 is 47.0 Å². The number of piperidine rings is 7. The standard InChI is InChI=1S/3C15H28F2N2.2C15H29FN2.2C15H30N2/c1-11(2)7-13-8-19(9-13)14-5-6-18(12(3)4)10-15(14,16)17;2*1-11(2)7-13-5-6-18(10-15(13,16)17)14-8-19(9-14)12(3)4;2*1-12(2)9-15(16)10-18(11-15)14-5-7-17(8-6-14)13(3)4;2*1-12(2)9-14-5-7-16(8-6-14)15-10-17(11-15)13(3)4/h3*11-14H,5-10H2,1-4H3;2*12-14H,5-11H2,1-4H3;2*12-15H,5-11H2,1-4H3. The van der Waals surface area contributed by atoms with Gasteiger partial charge in [-0.05, 0) is 337 Å². The lowest BCUT2D eigenvalue weighted by molar-refractivity contribution is -0.154. The molecule has 0 aliphatic carbocycles. The van der Waals surface area contributed by atoms with Crippen LogP contribution >= 0.6 is 0 Å². The fraction of sp³-hybridized carbons (Fsp3) is 1.00. The zero-order chi connectivity index (χ0) is 94.1. The molecule has 0 N–H and O–H groups in total. The molecule has 0 aromatic carbocycles. The van der Waals surface area contributed by atoms with Gasteiger partial charge in [0.2, 0.25) is 0 Å². The van der Waals surface area contributed by atoms with Crippen molar-refractivity contribution in [1.82, 2.24) is 68.6 Å². The van der Waals surface area contributed by atoms with Crippen molar-refractivity contribution in [2.24, 2.45) is 71.0 Å². The predicted octanol–water partition coefficient (Wildman–Crippen LogP) is 20.8. The van der Waals surface area contributed by atoms with Gasteiger partial charge in [-0.15, -0.1) is 0 Å². The lowest BCUT2D eigenvalue weighted by Gasteiger charge is -2.51. The molecule has 3 unspecified atom stereocenters. The molecule has 0 saturated carbocycles. The molecule has 14 aliphatic heterocycles.